The van der Waals surface area contributed by atoms with Gasteiger partial charge >= 0.3 is 0 Å². The first-order valence-corrected chi connectivity index (χ1v) is 6.02. The third kappa shape index (κ3) is 3.33. The molecule has 1 N–H and O–H groups in total. The smallest absolute Gasteiger partial charge is 0.0841 e. The summed E-state index contributed by atoms with van der Waals surface area (Å²) in [6, 6.07) is 5.55. The molecule has 82 valence electrons. The number of hydrogen-bond acceptors (Lipinski definition) is 1. The maximum atomic E-state index is 9.96. The maximum absolute atomic E-state index is 9.96. The third-order valence-electron chi connectivity index (χ3n) is 2.32. The van der Waals surface area contributed by atoms with Crippen molar-refractivity contribution in [3.8, 4) is 0 Å². The number of halogens is 2. The summed E-state index contributed by atoms with van der Waals surface area (Å²) in [5.74, 6) is 0. The normalized spacial score (nSPS) is 12.5. The van der Waals surface area contributed by atoms with E-state index in [1.807, 2.05) is 25.1 Å². The lowest BCUT2D eigenvalue weighted by molar-refractivity contribution is 0.177. The largest absolute Gasteiger partial charge is 0.388 e. The highest BCUT2D eigenvalue weighted by atomic mass is 79.9. The van der Waals surface area contributed by atoms with Crippen molar-refractivity contribution in [2.75, 3.05) is 0 Å². The van der Waals surface area contributed by atoms with Crippen LogP contribution in [0.3, 0.4) is 0 Å². The zero-order valence-electron chi connectivity index (χ0n) is 8.63. The van der Waals surface area contributed by atoms with Gasteiger partial charge in [-0.05, 0) is 34.8 Å². The first kappa shape index (κ1) is 12.8. The van der Waals surface area contributed by atoms with Gasteiger partial charge in [0.25, 0.3) is 0 Å². The fraction of sp³-hybridized carbons (Fsp3) is 0.333. The van der Waals surface area contributed by atoms with Crippen molar-refractivity contribution in [3.05, 3.63) is 45.4 Å². The average Bonchev–Trinajstić information content (AvgIpc) is 2.21. The van der Waals surface area contributed by atoms with Crippen molar-refractivity contribution in [2.45, 2.75) is 25.9 Å². The Balaban J connectivity index is 2.86. The SMILES string of the molecule is C=C(CC)CC(O)c1cccc(Br)c1Cl. The molecule has 1 atom stereocenters. The quantitative estimate of drug-likeness (QED) is 0.810. The Morgan fingerprint density at radius 1 is 1.60 bits per heavy atom. The Hall–Kier alpha value is -0.310. The summed E-state index contributed by atoms with van der Waals surface area (Å²) in [6.45, 7) is 5.90. The standard InChI is InChI=1S/C12H14BrClO/c1-3-8(2)7-11(15)9-5-4-6-10(13)12(9)14/h4-6,11,15H,2-3,7H2,1H3. The third-order valence-corrected chi connectivity index (χ3v) is 3.63. The summed E-state index contributed by atoms with van der Waals surface area (Å²) in [5, 5.41) is 10.5. The topological polar surface area (TPSA) is 20.2 Å². The van der Waals surface area contributed by atoms with Crippen molar-refractivity contribution >= 4 is 27.5 Å². The minimum atomic E-state index is -0.567. The van der Waals surface area contributed by atoms with Gasteiger partial charge in [0, 0.05) is 10.0 Å². The second kappa shape index (κ2) is 5.69. The molecule has 0 saturated heterocycles. The molecule has 0 aliphatic heterocycles. The van der Waals surface area contributed by atoms with Crippen LogP contribution < -0.4 is 0 Å². The van der Waals surface area contributed by atoms with Crippen LogP contribution in [0.1, 0.15) is 31.4 Å². The van der Waals surface area contributed by atoms with Gasteiger partial charge in [0.15, 0.2) is 0 Å². The van der Waals surface area contributed by atoms with Gasteiger partial charge in [-0.2, -0.15) is 0 Å². The van der Waals surface area contributed by atoms with E-state index >= 15 is 0 Å². The van der Waals surface area contributed by atoms with Crippen molar-refractivity contribution in [1.29, 1.82) is 0 Å². The van der Waals surface area contributed by atoms with E-state index < -0.39 is 6.10 Å². The summed E-state index contributed by atoms with van der Waals surface area (Å²) in [5.41, 5.74) is 1.78. The summed E-state index contributed by atoms with van der Waals surface area (Å²) in [7, 11) is 0. The lowest BCUT2D eigenvalue weighted by atomic mass is 10.0. The molecule has 0 saturated carbocycles. The van der Waals surface area contributed by atoms with E-state index in [-0.39, 0.29) is 0 Å². The highest BCUT2D eigenvalue weighted by molar-refractivity contribution is 9.10. The van der Waals surface area contributed by atoms with Crippen LogP contribution in [0.2, 0.25) is 5.02 Å². The molecule has 0 radical (unpaired) electrons. The number of hydrogen-bond donors (Lipinski definition) is 1. The molecule has 0 amide bonds. The summed E-state index contributed by atoms with van der Waals surface area (Å²) in [6.07, 6.45) is 0.873. The van der Waals surface area contributed by atoms with Crippen LogP contribution in [0.5, 0.6) is 0 Å². The van der Waals surface area contributed by atoms with Gasteiger partial charge in [0.1, 0.15) is 0 Å². The molecule has 0 spiro atoms. The highest BCUT2D eigenvalue weighted by Gasteiger charge is 2.13. The molecule has 1 aromatic rings. The Labute approximate surface area is 104 Å². The van der Waals surface area contributed by atoms with E-state index in [4.69, 9.17) is 11.6 Å². The first-order valence-electron chi connectivity index (χ1n) is 4.84. The minimum Gasteiger partial charge on any atom is -0.388 e. The summed E-state index contributed by atoms with van der Waals surface area (Å²) >= 11 is 9.41. The maximum Gasteiger partial charge on any atom is 0.0841 e. The van der Waals surface area contributed by atoms with Gasteiger partial charge in [-0.15, -0.1) is 0 Å². The molecular weight excluding hydrogens is 275 g/mol. The van der Waals surface area contributed by atoms with Crippen LogP contribution in [0.25, 0.3) is 0 Å². The molecule has 0 fully saturated rings. The molecular formula is C12H14BrClO. The minimum absolute atomic E-state index is 0.562. The molecule has 1 nitrogen and oxygen atoms in total. The lowest BCUT2D eigenvalue weighted by Gasteiger charge is -2.14. The number of benzene rings is 1. The first-order chi connectivity index (χ1) is 7.06. The Kier molecular flexibility index (Phi) is 4.84. The molecule has 3 heteroatoms. The molecule has 0 aliphatic rings. The van der Waals surface area contributed by atoms with Crippen molar-refractivity contribution < 1.29 is 5.11 Å². The fourth-order valence-corrected chi connectivity index (χ4v) is 1.94. The van der Waals surface area contributed by atoms with Crippen LogP contribution in [-0.2, 0) is 0 Å². The van der Waals surface area contributed by atoms with Crippen LogP contribution in [-0.4, -0.2) is 5.11 Å². The fourth-order valence-electron chi connectivity index (χ4n) is 1.31. The van der Waals surface area contributed by atoms with Crippen molar-refractivity contribution in [3.63, 3.8) is 0 Å². The molecule has 1 rings (SSSR count). The average molecular weight is 290 g/mol. The van der Waals surface area contributed by atoms with Gasteiger partial charge in [0.2, 0.25) is 0 Å². The Morgan fingerprint density at radius 2 is 2.27 bits per heavy atom. The zero-order chi connectivity index (χ0) is 11.4. The van der Waals surface area contributed by atoms with E-state index in [1.165, 1.54) is 0 Å². The number of aliphatic hydroxyl groups is 1. The molecule has 15 heavy (non-hydrogen) atoms. The molecule has 1 unspecified atom stereocenters. The van der Waals surface area contributed by atoms with E-state index in [2.05, 4.69) is 22.5 Å². The molecule has 0 aromatic heterocycles. The van der Waals surface area contributed by atoms with E-state index in [1.54, 1.807) is 0 Å². The molecule has 0 heterocycles. The monoisotopic (exact) mass is 288 g/mol. The van der Waals surface area contributed by atoms with Gasteiger partial charge in [0.05, 0.1) is 11.1 Å². The van der Waals surface area contributed by atoms with Crippen LogP contribution >= 0.6 is 27.5 Å². The van der Waals surface area contributed by atoms with Gasteiger partial charge in [-0.1, -0.05) is 42.8 Å². The lowest BCUT2D eigenvalue weighted by Crippen LogP contribution is -1.99. The van der Waals surface area contributed by atoms with Gasteiger partial charge in [-0.25, -0.2) is 0 Å². The van der Waals surface area contributed by atoms with Crippen LogP contribution in [0, 0.1) is 0 Å². The van der Waals surface area contributed by atoms with Crippen LogP contribution in [0.15, 0.2) is 34.8 Å². The second-order valence-corrected chi connectivity index (χ2v) is 4.70. The van der Waals surface area contributed by atoms with Crippen LogP contribution in [0.4, 0.5) is 0 Å². The van der Waals surface area contributed by atoms with Gasteiger partial charge < -0.3 is 5.11 Å². The summed E-state index contributed by atoms with van der Waals surface area (Å²) < 4.78 is 0.808. The van der Waals surface area contributed by atoms with E-state index in [9.17, 15) is 5.11 Å². The molecule has 0 bridgehead atoms. The number of aliphatic hydroxyl groups excluding tert-OH is 1. The van der Waals surface area contributed by atoms with Crippen molar-refractivity contribution in [2.24, 2.45) is 0 Å². The van der Waals surface area contributed by atoms with E-state index in [0.717, 1.165) is 22.0 Å². The summed E-state index contributed by atoms with van der Waals surface area (Å²) in [4.78, 5) is 0. The predicted octanol–water partition coefficient (Wildman–Crippen LogP) is 4.49. The number of rotatable bonds is 4. The molecule has 0 aliphatic carbocycles. The Morgan fingerprint density at radius 3 is 2.87 bits per heavy atom. The second-order valence-electron chi connectivity index (χ2n) is 3.47. The highest BCUT2D eigenvalue weighted by Crippen LogP contribution is 2.32. The zero-order valence-corrected chi connectivity index (χ0v) is 11.0. The van der Waals surface area contributed by atoms with E-state index in [0.29, 0.717) is 11.4 Å². The Bertz CT molecular complexity index is 363. The molecule has 1 aromatic carbocycles. The van der Waals surface area contributed by atoms with Crippen molar-refractivity contribution in [1.82, 2.24) is 0 Å². The predicted molar refractivity (Wildman–Crippen MR) is 68.2 cm³/mol. The van der Waals surface area contributed by atoms with Gasteiger partial charge in [-0.3, -0.25) is 0 Å².